The molecule has 2 nitrogen and oxygen atoms in total. The van der Waals surface area contributed by atoms with Crippen molar-refractivity contribution in [3.8, 4) is 6.07 Å². The van der Waals surface area contributed by atoms with Crippen LogP contribution in [0.3, 0.4) is 0 Å². The zero-order valence-electron chi connectivity index (χ0n) is 8.97. The van der Waals surface area contributed by atoms with Gasteiger partial charge in [-0.2, -0.15) is 5.26 Å². The van der Waals surface area contributed by atoms with Gasteiger partial charge in [-0.1, -0.05) is 23.7 Å². The molecular weight excluding hydrogens is 232 g/mol. The molecule has 0 aliphatic heterocycles. The molecule has 0 spiro atoms. The molecule has 0 saturated carbocycles. The van der Waals surface area contributed by atoms with Crippen LogP contribution in [0.5, 0.6) is 0 Å². The Morgan fingerprint density at radius 1 is 1.12 bits per heavy atom. The van der Waals surface area contributed by atoms with E-state index < -0.39 is 0 Å². The van der Waals surface area contributed by atoms with E-state index in [1.165, 1.54) is 0 Å². The van der Waals surface area contributed by atoms with Crippen LogP contribution in [0.1, 0.15) is 11.1 Å². The summed E-state index contributed by atoms with van der Waals surface area (Å²) >= 11 is 5.81. The highest BCUT2D eigenvalue weighted by Crippen LogP contribution is 2.18. The number of hydrogen-bond acceptors (Lipinski definition) is 2. The van der Waals surface area contributed by atoms with Crippen molar-refractivity contribution < 1.29 is 0 Å². The molecule has 0 amide bonds. The van der Waals surface area contributed by atoms with E-state index in [9.17, 15) is 0 Å². The fraction of sp³-hybridized carbons (Fsp3) is 0. The first-order chi connectivity index (χ1) is 8.29. The lowest BCUT2D eigenvalue weighted by atomic mass is 10.1. The summed E-state index contributed by atoms with van der Waals surface area (Å²) in [6.07, 6.45) is 5.16. The van der Waals surface area contributed by atoms with Gasteiger partial charge in [0.15, 0.2) is 0 Å². The molecule has 1 aromatic carbocycles. The van der Waals surface area contributed by atoms with Crippen molar-refractivity contribution in [2.24, 2.45) is 0 Å². The number of aromatic nitrogens is 1. The second-order valence-corrected chi connectivity index (χ2v) is 3.89. The second-order valence-electron chi connectivity index (χ2n) is 3.46. The van der Waals surface area contributed by atoms with Crippen molar-refractivity contribution in [1.82, 2.24) is 4.98 Å². The number of nitrogens with zero attached hydrogens (tertiary/aromatic N) is 2. The van der Waals surface area contributed by atoms with E-state index in [0.717, 1.165) is 11.1 Å². The lowest BCUT2D eigenvalue weighted by molar-refractivity contribution is 1.32. The van der Waals surface area contributed by atoms with Crippen LogP contribution in [0.4, 0.5) is 0 Å². The predicted molar refractivity (Wildman–Crippen MR) is 69.2 cm³/mol. The standard InChI is InChI=1S/C14H9ClN2/c15-14-3-1-11(2-4-14)9-13(10-16)12-5-7-17-8-6-12/h1-9H/b13-9+. The number of nitriles is 1. The summed E-state index contributed by atoms with van der Waals surface area (Å²) in [6.45, 7) is 0. The van der Waals surface area contributed by atoms with Crippen LogP contribution in [0.2, 0.25) is 5.02 Å². The Labute approximate surface area is 105 Å². The van der Waals surface area contributed by atoms with Crippen LogP contribution >= 0.6 is 11.6 Å². The van der Waals surface area contributed by atoms with E-state index in [4.69, 9.17) is 16.9 Å². The number of halogens is 1. The van der Waals surface area contributed by atoms with Gasteiger partial charge in [0.2, 0.25) is 0 Å². The molecule has 0 aliphatic rings. The van der Waals surface area contributed by atoms with E-state index >= 15 is 0 Å². The molecular formula is C14H9ClN2. The van der Waals surface area contributed by atoms with Gasteiger partial charge in [-0.15, -0.1) is 0 Å². The highest BCUT2D eigenvalue weighted by Gasteiger charge is 1.99. The molecule has 0 saturated heterocycles. The highest BCUT2D eigenvalue weighted by molar-refractivity contribution is 6.30. The van der Waals surface area contributed by atoms with Gasteiger partial charge in [0.05, 0.1) is 11.6 Å². The van der Waals surface area contributed by atoms with Crippen molar-refractivity contribution in [2.45, 2.75) is 0 Å². The molecule has 1 aromatic heterocycles. The molecule has 0 unspecified atom stereocenters. The van der Waals surface area contributed by atoms with Gasteiger partial charge in [0.25, 0.3) is 0 Å². The molecule has 2 rings (SSSR count). The molecule has 0 radical (unpaired) electrons. The number of pyridine rings is 1. The van der Waals surface area contributed by atoms with Crippen LogP contribution in [-0.2, 0) is 0 Å². The number of hydrogen-bond donors (Lipinski definition) is 0. The Kier molecular flexibility index (Phi) is 3.54. The molecule has 0 fully saturated rings. The molecule has 17 heavy (non-hydrogen) atoms. The smallest absolute Gasteiger partial charge is 0.0998 e. The minimum absolute atomic E-state index is 0.606. The van der Waals surface area contributed by atoms with Crippen molar-refractivity contribution in [1.29, 1.82) is 5.26 Å². The van der Waals surface area contributed by atoms with Gasteiger partial charge in [0.1, 0.15) is 0 Å². The number of allylic oxidation sites excluding steroid dienone is 1. The van der Waals surface area contributed by atoms with E-state index in [2.05, 4.69) is 11.1 Å². The fourth-order valence-corrected chi connectivity index (χ4v) is 1.56. The van der Waals surface area contributed by atoms with Gasteiger partial charge < -0.3 is 0 Å². The van der Waals surface area contributed by atoms with Crippen LogP contribution in [-0.4, -0.2) is 4.98 Å². The van der Waals surface area contributed by atoms with Crippen molar-refractivity contribution >= 4 is 23.3 Å². The summed E-state index contributed by atoms with van der Waals surface area (Å²) in [7, 11) is 0. The van der Waals surface area contributed by atoms with E-state index in [1.807, 2.05) is 30.3 Å². The zero-order valence-corrected chi connectivity index (χ0v) is 9.72. The minimum atomic E-state index is 0.606. The maximum absolute atomic E-state index is 9.13. The third-order valence-electron chi connectivity index (χ3n) is 2.29. The van der Waals surface area contributed by atoms with Gasteiger partial charge in [-0.25, -0.2) is 0 Å². The Morgan fingerprint density at radius 2 is 1.76 bits per heavy atom. The summed E-state index contributed by atoms with van der Waals surface area (Å²) in [5.74, 6) is 0. The van der Waals surface area contributed by atoms with Crippen molar-refractivity contribution in [2.75, 3.05) is 0 Å². The maximum atomic E-state index is 9.13. The third-order valence-corrected chi connectivity index (χ3v) is 2.54. The Morgan fingerprint density at radius 3 is 2.35 bits per heavy atom. The van der Waals surface area contributed by atoms with Gasteiger partial charge in [0, 0.05) is 17.4 Å². The fourth-order valence-electron chi connectivity index (χ4n) is 1.44. The van der Waals surface area contributed by atoms with Crippen LogP contribution in [0.25, 0.3) is 11.6 Å². The van der Waals surface area contributed by atoms with Crippen molar-refractivity contribution in [3.05, 3.63) is 64.9 Å². The predicted octanol–water partition coefficient (Wildman–Crippen LogP) is 3.80. The third kappa shape index (κ3) is 2.93. The molecule has 82 valence electrons. The summed E-state index contributed by atoms with van der Waals surface area (Å²) in [5, 5.41) is 9.82. The first kappa shape index (κ1) is 11.4. The molecule has 1 heterocycles. The monoisotopic (exact) mass is 240 g/mol. The zero-order chi connectivity index (χ0) is 12.1. The SMILES string of the molecule is N#C/C(=C\c1ccc(Cl)cc1)c1ccncc1. The first-order valence-corrected chi connectivity index (χ1v) is 5.45. The maximum Gasteiger partial charge on any atom is 0.0998 e. The normalized spacial score (nSPS) is 10.9. The summed E-state index contributed by atoms with van der Waals surface area (Å²) in [6, 6.07) is 13.2. The highest BCUT2D eigenvalue weighted by atomic mass is 35.5. The topological polar surface area (TPSA) is 36.7 Å². The van der Waals surface area contributed by atoms with Gasteiger partial charge in [-0.05, 0) is 41.5 Å². The lowest BCUT2D eigenvalue weighted by Gasteiger charge is -1.99. The van der Waals surface area contributed by atoms with Crippen LogP contribution in [0, 0.1) is 11.3 Å². The van der Waals surface area contributed by atoms with E-state index in [-0.39, 0.29) is 0 Å². The van der Waals surface area contributed by atoms with Crippen LogP contribution < -0.4 is 0 Å². The summed E-state index contributed by atoms with van der Waals surface area (Å²) in [4.78, 5) is 3.93. The first-order valence-electron chi connectivity index (χ1n) is 5.07. The van der Waals surface area contributed by atoms with Gasteiger partial charge >= 0.3 is 0 Å². The Hall–Kier alpha value is -2.11. The average Bonchev–Trinajstić information content (AvgIpc) is 2.39. The summed E-state index contributed by atoms with van der Waals surface area (Å²) < 4.78 is 0. The quantitative estimate of drug-likeness (QED) is 0.749. The average molecular weight is 241 g/mol. The second kappa shape index (κ2) is 5.29. The summed E-state index contributed by atoms with van der Waals surface area (Å²) in [5.41, 5.74) is 2.41. The molecule has 0 atom stereocenters. The van der Waals surface area contributed by atoms with Crippen molar-refractivity contribution in [3.63, 3.8) is 0 Å². The van der Waals surface area contributed by atoms with Gasteiger partial charge in [-0.3, -0.25) is 4.98 Å². The van der Waals surface area contributed by atoms with E-state index in [0.29, 0.717) is 10.6 Å². The number of rotatable bonds is 2. The molecule has 0 bridgehead atoms. The largest absolute Gasteiger partial charge is 0.265 e. The lowest BCUT2D eigenvalue weighted by Crippen LogP contribution is -1.82. The Bertz CT molecular complexity index is 565. The molecule has 0 aliphatic carbocycles. The van der Waals surface area contributed by atoms with E-state index in [1.54, 1.807) is 24.5 Å². The Balaban J connectivity index is 2.37. The minimum Gasteiger partial charge on any atom is -0.265 e. The number of benzene rings is 1. The molecule has 2 aromatic rings. The molecule has 3 heteroatoms. The molecule has 0 N–H and O–H groups in total. The van der Waals surface area contributed by atoms with Crippen LogP contribution in [0.15, 0.2) is 48.8 Å².